The molecule has 0 aliphatic carbocycles. The van der Waals surface area contributed by atoms with Crippen molar-refractivity contribution in [3.05, 3.63) is 0 Å². The van der Waals surface area contributed by atoms with E-state index in [-0.39, 0.29) is 0 Å². The molecule has 0 spiro atoms. The van der Waals surface area contributed by atoms with E-state index in [2.05, 4.69) is 11.5 Å². The van der Waals surface area contributed by atoms with Gasteiger partial charge in [0.15, 0.2) is 0 Å². The number of hydrogen-bond acceptors (Lipinski definition) is 3. The smallest absolute Gasteiger partial charge is 0.300 e. The summed E-state index contributed by atoms with van der Waals surface area (Å²) in [6.07, 6.45) is -13.4. The van der Waals surface area contributed by atoms with Crippen molar-refractivity contribution in [1.29, 1.82) is 0 Å². The molecule has 0 amide bonds. The first kappa shape index (κ1) is 19.1. The van der Waals surface area contributed by atoms with Crippen molar-refractivity contribution in [3.8, 4) is 0 Å². The van der Waals surface area contributed by atoms with Crippen molar-refractivity contribution < 1.29 is 52.7 Å². The van der Waals surface area contributed by atoms with Gasteiger partial charge >= 0.3 is 30.1 Å². The van der Waals surface area contributed by atoms with E-state index in [1.54, 1.807) is 0 Å². The maximum atomic E-state index is 13.2. The van der Waals surface area contributed by atoms with Gasteiger partial charge in [0.2, 0.25) is 11.3 Å². The number of alkyl halides is 12. The summed E-state index contributed by atoms with van der Waals surface area (Å²) in [6.45, 7) is 0. The summed E-state index contributed by atoms with van der Waals surface area (Å²) >= 11 is 0. The molecule has 1 saturated heterocycles. The third-order valence-electron chi connectivity index (χ3n) is 3.07. The van der Waals surface area contributed by atoms with E-state index < -0.39 is 46.8 Å². The Balaban J connectivity index is 3.79. The molecule has 132 valence electrons. The second-order valence-electron chi connectivity index (χ2n) is 4.46. The normalized spacial score (nSPS) is 37.9. The van der Waals surface area contributed by atoms with Crippen LogP contribution in [-0.2, 0) is 0 Å². The number of rotatable bonds is 0. The van der Waals surface area contributed by atoms with Crippen molar-refractivity contribution in [2.75, 3.05) is 0 Å². The Morgan fingerprint density at radius 3 is 0.955 bits per heavy atom. The third-order valence-corrected chi connectivity index (χ3v) is 3.07. The van der Waals surface area contributed by atoms with Crippen LogP contribution >= 0.6 is 0 Å². The van der Waals surface area contributed by atoms with Crippen molar-refractivity contribution in [2.24, 2.45) is 11.5 Å². The summed E-state index contributed by atoms with van der Waals surface area (Å²) in [5, 5.41) is -0.452. The molecule has 1 aliphatic rings. The summed E-state index contributed by atoms with van der Waals surface area (Å²) in [6, 6.07) is 0. The van der Waals surface area contributed by atoms with Gasteiger partial charge in [0.25, 0.3) is 0 Å². The molecule has 0 saturated carbocycles. The minimum atomic E-state index is -7.17. The predicted molar refractivity (Wildman–Crippen MR) is 43.9 cm³/mol. The van der Waals surface area contributed by atoms with Gasteiger partial charge in [-0.3, -0.25) is 5.32 Å². The van der Waals surface area contributed by atoms with Gasteiger partial charge in [0.1, 0.15) is 0 Å². The first-order valence-corrected chi connectivity index (χ1v) is 4.85. The average Bonchev–Trinajstić information content (AvgIpc) is 2.23. The van der Waals surface area contributed by atoms with Crippen molar-refractivity contribution in [1.82, 2.24) is 5.32 Å². The van der Waals surface area contributed by atoms with Gasteiger partial charge in [-0.05, 0) is 0 Å². The largest absolute Gasteiger partial charge is 0.426 e. The fraction of sp³-hybridized carbons (Fsp3) is 1.00. The highest BCUT2D eigenvalue weighted by molar-refractivity contribution is 5.25. The van der Waals surface area contributed by atoms with Gasteiger partial charge in [-0.25, -0.2) is 0 Å². The highest BCUT2D eigenvalue weighted by Gasteiger charge is 2.95. The fourth-order valence-corrected chi connectivity index (χ4v) is 1.66. The number of piperidine rings is 1. The molecule has 15 heteroatoms. The second-order valence-corrected chi connectivity index (χ2v) is 4.46. The minimum absolute atomic E-state index is 0.452. The molecule has 0 aromatic rings. The minimum Gasteiger partial charge on any atom is -0.300 e. The Kier molecular flexibility index (Phi) is 3.57. The van der Waals surface area contributed by atoms with E-state index in [4.69, 9.17) is 0 Å². The van der Waals surface area contributed by atoms with Crippen LogP contribution in [0.3, 0.4) is 0 Å². The van der Waals surface area contributed by atoms with Crippen LogP contribution in [0, 0.1) is 0 Å². The van der Waals surface area contributed by atoms with E-state index >= 15 is 0 Å². The summed E-state index contributed by atoms with van der Waals surface area (Å²) in [4.78, 5) is 0. The van der Waals surface area contributed by atoms with E-state index in [9.17, 15) is 52.7 Å². The summed E-state index contributed by atoms with van der Waals surface area (Å²) in [7, 11) is 0. The lowest BCUT2D eigenvalue weighted by atomic mass is 9.79. The molecule has 0 bridgehead atoms. The molecule has 0 aromatic heterocycles. The molecule has 3 nitrogen and oxygen atoms in total. The third kappa shape index (κ3) is 1.78. The van der Waals surface area contributed by atoms with Crippen LogP contribution < -0.4 is 16.8 Å². The fourth-order valence-electron chi connectivity index (χ4n) is 1.66. The lowest BCUT2D eigenvalue weighted by molar-refractivity contribution is -0.439. The highest BCUT2D eigenvalue weighted by atomic mass is 19.4. The molecule has 1 aliphatic heterocycles. The summed E-state index contributed by atoms with van der Waals surface area (Å²) < 4.78 is 154. The molecular weight excluding hydrogens is 354 g/mol. The van der Waals surface area contributed by atoms with E-state index in [1.807, 2.05) is 0 Å². The standard InChI is InChI=1S/C7H5F12N3/c8-1(9)2(10,11)4(20,6(14,15)16)22-5(21,3(1,12)13)7(17,18)19/h22H,20-21H2/t4-,5+. The van der Waals surface area contributed by atoms with Crippen molar-refractivity contribution >= 4 is 0 Å². The van der Waals surface area contributed by atoms with Crippen LogP contribution in [0.1, 0.15) is 0 Å². The van der Waals surface area contributed by atoms with Crippen LogP contribution in [0.5, 0.6) is 0 Å². The Morgan fingerprint density at radius 1 is 0.545 bits per heavy atom. The molecule has 1 rings (SSSR count). The molecule has 1 fully saturated rings. The molecule has 0 aromatic carbocycles. The number of hydrogen-bond donors (Lipinski definition) is 3. The van der Waals surface area contributed by atoms with Crippen LogP contribution in [-0.4, -0.2) is 41.4 Å². The van der Waals surface area contributed by atoms with E-state index in [1.165, 1.54) is 0 Å². The second kappa shape index (κ2) is 4.11. The van der Waals surface area contributed by atoms with E-state index in [0.717, 1.165) is 0 Å². The van der Waals surface area contributed by atoms with Gasteiger partial charge in [-0.15, -0.1) is 0 Å². The number of nitrogens with one attached hydrogen (secondary N) is 1. The monoisotopic (exact) mass is 359 g/mol. The maximum Gasteiger partial charge on any atom is 0.426 e. The van der Waals surface area contributed by atoms with Gasteiger partial charge in [0, 0.05) is 0 Å². The van der Waals surface area contributed by atoms with Crippen LogP contribution in [0.4, 0.5) is 52.7 Å². The zero-order valence-corrected chi connectivity index (χ0v) is 9.69. The molecular formula is C7H5F12N3. The van der Waals surface area contributed by atoms with E-state index in [0.29, 0.717) is 0 Å². The molecule has 0 unspecified atom stereocenters. The Labute approximate surface area is 112 Å². The lowest BCUT2D eigenvalue weighted by Crippen LogP contribution is -2.96. The number of halogens is 12. The summed E-state index contributed by atoms with van der Waals surface area (Å²) in [5.74, 6) is -20.9. The van der Waals surface area contributed by atoms with Gasteiger partial charge in [-0.2, -0.15) is 52.7 Å². The molecule has 22 heavy (non-hydrogen) atoms. The molecule has 2 atom stereocenters. The first-order chi connectivity index (χ1) is 9.21. The van der Waals surface area contributed by atoms with Crippen molar-refractivity contribution in [2.45, 2.75) is 41.4 Å². The zero-order chi connectivity index (χ0) is 18.2. The van der Waals surface area contributed by atoms with Crippen molar-refractivity contribution in [3.63, 3.8) is 0 Å². The molecule has 5 N–H and O–H groups in total. The zero-order valence-electron chi connectivity index (χ0n) is 9.69. The highest BCUT2D eigenvalue weighted by Crippen LogP contribution is 2.61. The summed E-state index contributed by atoms with van der Waals surface area (Å²) in [5.41, 5.74) is -3.92. The van der Waals surface area contributed by atoms with Crippen LogP contribution in [0.2, 0.25) is 0 Å². The van der Waals surface area contributed by atoms with Crippen LogP contribution in [0.15, 0.2) is 0 Å². The Morgan fingerprint density at radius 2 is 0.773 bits per heavy atom. The number of nitrogens with two attached hydrogens (primary N) is 2. The Bertz CT molecular complexity index is 426. The van der Waals surface area contributed by atoms with Crippen LogP contribution in [0.25, 0.3) is 0 Å². The lowest BCUT2D eigenvalue weighted by Gasteiger charge is -2.55. The molecule has 0 radical (unpaired) electrons. The molecule has 1 heterocycles. The average molecular weight is 359 g/mol. The maximum absolute atomic E-state index is 13.2. The topological polar surface area (TPSA) is 64.1 Å². The van der Waals surface area contributed by atoms with Gasteiger partial charge in [-0.1, -0.05) is 0 Å². The SMILES string of the molecule is N[C@@]1(C(F)(F)F)N[C@](N)(C(F)(F)F)C(F)(F)C(F)(F)C1(F)F. The quantitative estimate of drug-likeness (QED) is 0.580. The first-order valence-electron chi connectivity index (χ1n) is 4.85. The Hall–Kier alpha value is -0.960. The predicted octanol–water partition coefficient (Wildman–Crippen LogP) is 1.93. The van der Waals surface area contributed by atoms with Gasteiger partial charge in [0.05, 0.1) is 0 Å². The van der Waals surface area contributed by atoms with Gasteiger partial charge < -0.3 is 11.5 Å².